The lowest BCUT2D eigenvalue weighted by molar-refractivity contribution is -0.140. The fourth-order valence-electron chi connectivity index (χ4n) is 3.51. The van der Waals surface area contributed by atoms with Crippen LogP contribution in [0.25, 0.3) is 0 Å². The molecule has 0 bridgehead atoms. The molecule has 0 radical (unpaired) electrons. The van der Waals surface area contributed by atoms with Crippen molar-refractivity contribution in [3.8, 4) is 0 Å². The summed E-state index contributed by atoms with van der Waals surface area (Å²) in [5, 5.41) is 0. The maximum absolute atomic E-state index is 12.7. The lowest BCUT2D eigenvalue weighted by Gasteiger charge is -2.34. The van der Waals surface area contributed by atoms with E-state index in [-0.39, 0.29) is 23.1 Å². The number of ether oxygens (including phenoxy) is 1. The number of rotatable bonds is 2. The van der Waals surface area contributed by atoms with Gasteiger partial charge in [-0.15, -0.1) is 0 Å². The summed E-state index contributed by atoms with van der Waals surface area (Å²) in [6, 6.07) is 0. The molecule has 2 amide bonds. The molecule has 0 atom stereocenters. The zero-order valence-corrected chi connectivity index (χ0v) is 16.2. The Kier molecular flexibility index (Phi) is 5.37. The van der Waals surface area contributed by atoms with Crippen molar-refractivity contribution in [2.24, 2.45) is 5.41 Å². The first-order valence-corrected chi connectivity index (χ1v) is 9.41. The summed E-state index contributed by atoms with van der Waals surface area (Å²) in [5.41, 5.74) is 0.0551. The van der Waals surface area contributed by atoms with E-state index >= 15 is 0 Å². The number of carbonyl (C=O) groups excluding carboxylic acids is 2. The molecule has 7 nitrogen and oxygen atoms in total. The highest BCUT2D eigenvalue weighted by Crippen LogP contribution is 2.31. The van der Waals surface area contributed by atoms with Crippen molar-refractivity contribution < 1.29 is 18.7 Å². The Labute approximate surface area is 154 Å². The molecule has 1 aromatic rings. The smallest absolute Gasteiger partial charge is 0.276 e. The molecular formula is C19H29N3O4. The maximum Gasteiger partial charge on any atom is 0.276 e. The van der Waals surface area contributed by atoms with Gasteiger partial charge in [0.1, 0.15) is 5.76 Å². The second kappa shape index (κ2) is 7.39. The van der Waals surface area contributed by atoms with E-state index in [2.05, 4.69) is 4.98 Å². The standard InChI is InChI=1S/C19H29N3O4/c1-13-15(17(23)21-9-11-25-12-10-21)20-16(26-13)14-5-7-22(8-6-14)18(24)19(2,3)4/h14H,5-12H2,1-4H3. The van der Waals surface area contributed by atoms with Crippen molar-refractivity contribution in [3.05, 3.63) is 17.3 Å². The van der Waals surface area contributed by atoms with E-state index in [1.165, 1.54) is 0 Å². The van der Waals surface area contributed by atoms with Crippen LogP contribution in [0.2, 0.25) is 0 Å². The van der Waals surface area contributed by atoms with Gasteiger partial charge in [0.2, 0.25) is 5.91 Å². The van der Waals surface area contributed by atoms with Crippen LogP contribution in [-0.2, 0) is 9.53 Å². The van der Waals surface area contributed by atoms with E-state index in [0.29, 0.717) is 56.7 Å². The van der Waals surface area contributed by atoms with Gasteiger partial charge in [-0.3, -0.25) is 9.59 Å². The van der Waals surface area contributed by atoms with Gasteiger partial charge >= 0.3 is 0 Å². The van der Waals surface area contributed by atoms with E-state index in [4.69, 9.17) is 9.15 Å². The number of hydrogen-bond acceptors (Lipinski definition) is 5. The van der Waals surface area contributed by atoms with Crippen molar-refractivity contribution in [1.29, 1.82) is 0 Å². The van der Waals surface area contributed by atoms with Crippen LogP contribution in [-0.4, -0.2) is 66.0 Å². The van der Waals surface area contributed by atoms with Crippen LogP contribution in [0.4, 0.5) is 0 Å². The quantitative estimate of drug-likeness (QED) is 0.805. The molecule has 0 aliphatic carbocycles. The molecule has 0 unspecified atom stereocenters. The van der Waals surface area contributed by atoms with Crippen LogP contribution in [0.5, 0.6) is 0 Å². The first-order chi connectivity index (χ1) is 12.3. The summed E-state index contributed by atoms with van der Waals surface area (Å²) < 4.78 is 11.1. The second-order valence-corrected chi connectivity index (χ2v) is 8.18. The molecule has 2 aliphatic rings. The Morgan fingerprint density at radius 3 is 2.23 bits per heavy atom. The van der Waals surface area contributed by atoms with Crippen molar-refractivity contribution in [2.75, 3.05) is 39.4 Å². The van der Waals surface area contributed by atoms with Gasteiger partial charge in [-0.25, -0.2) is 4.98 Å². The molecule has 0 N–H and O–H groups in total. The molecule has 144 valence electrons. The van der Waals surface area contributed by atoms with E-state index in [0.717, 1.165) is 12.8 Å². The Hall–Kier alpha value is -1.89. The minimum Gasteiger partial charge on any atom is -0.445 e. The third-order valence-electron chi connectivity index (χ3n) is 5.09. The van der Waals surface area contributed by atoms with Crippen LogP contribution in [0.15, 0.2) is 4.42 Å². The van der Waals surface area contributed by atoms with Crippen LogP contribution in [0.1, 0.15) is 61.7 Å². The van der Waals surface area contributed by atoms with Crippen LogP contribution in [0, 0.1) is 12.3 Å². The summed E-state index contributed by atoms with van der Waals surface area (Å²) in [6.07, 6.45) is 1.62. The van der Waals surface area contributed by atoms with Gasteiger partial charge in [0.15, 0.2) is 11.6 Å². The molecule has 0 spiro atoms. The Morgan fingerprint density at radius 1 is 1.04 bits per heavy atom. The van der Waals surface area contributed by atoms with Gasteiger partial charge in [0.25, 0.3) is 5.91 Å². The summed E-state index contributed by atoms with van der Waals surface area (Å²) in [5.74, 6) is 1.46. The predicted molar refractivity (Wildman–Crippen MR) is 96.0 cm³/mol. The average Bonchev–Trinajstić information content (AvgIpc) is 3.02. The maximum atomic E-state index is 12.7. The number of amides is 2. The fraction of sp³-hybridized carbons (Fsp3) is 0.737. The molecule has 2 aliphatic heterocycles. The van der Waals surface area contributed by atoms with E-state index < -0.39 is 0 Å². The highest BCUT2D eigenvalue weighted by molar-refractivity contribution is 5.93. The third kappa shape index (κ3) is 3.92. The first-order valence-electron chi connectivity index (χ1n) is 9.41. The predicted octanol–water partition coefficient (Wildman–Crippen LogP) is 2.21. The molecule has 7 heteroatoms. The van der Waals surface area contributed by atoms with Crippen LogP contribution >= 0.6 is 0 Å². The summed E-state index contributed by atoms with van der Waals surface area (Å²) in [4.78, 5) is 33.3. The van der Waals surface area contributed by atoms with E-state index in [9.17, 15) is 9.59 Å². The average molecular weight is 363 g/mol. The minimum atomic E-state index is -0.357. The Morgan fingerprint density at radius 2 is 1.65 bits per heavy atom. The summed E-state index contributed by atoms with van der Waals surface area (Å²) >= 11 is 0. The van der Waals surface area contributed by atoms with Crippen LogP contribution < -0.4 is 0 Å². The number of piperidine rings is 1. The van der Waals surface area contributed by atoms with E-state index in [1.54, 1.807) is 11.8 Å². The Bertz CT molecular complexity index is 663. The zero-order chi connectivity index (χ0) is 18.9. The molecule has 0 saturated carbocycles. The topological polar surface area (TPSA) is 75.9 Å². The van der Waals surface area contributed by atoms with Gasteiger partial charge < -0.3 is 19.0 Å². The number of aromatic nitrogens is 1. The third-order valence-corrected chi connectivity index (χ3v) is 5.09. The molecule has 2 saturated heterocycles. The van der Waals surface area contributed by atoms with Gasteiger partial charge in [-0.1, -0.05) is 20.8 Å². The number of aryl methyl sites for hydroxylation is 1. The van der Waals surface area contributed by atoms with Crippen molar-refractivity contribution in [1.82, 2.24) is 14.8 Å². The number of likely N-dealkylation sites (tertiary alicyclic amines) is 1. The van der Waals surface area contributed by atoms with Gasteiger partial charge in [-0.2, -0.15) is 0 Å². The minimum absolute atomic E-state index is 0.0823. The zero-order valence-electron chi connectivity index (χ0n) is 16.2. The number of oxazole rings is 1. The number of carbonyl (C=O) groups is 2. The van der Waals surface area contributed by atoms with Crippen LogP contribution in [0.3, 0.4) is 0 Å². The lowest BCUT2D eigenvalue weighted by Crippen LogP contribution is -2.43. The lowest BCUT2D eigenvalue weighted by atomic mass is 9.91. The molecule has 0 aromatic carbocycles. The highest BCUT2D eigenvalue weighted by Gasteiger charge is 2.33. The first kappa shape index (κ1) is 18.9. The number of morpholine rings is 1. The molecule has 26 heavy (non-hydrogen) atoms. The highest BCUT2D eigenvalue weighted by atomic mass is 16.5. The van der Waals surface area contributed by atoms with Crippen molar-refractivity contribution in [2.45, 2.75) is 46.5 Å². The number of hydrogen-bond donors (Lipinski definition) is 0. The van der Waals surface area contributed by atoms with Crippen molar-refractivity contribution in [3.63, 3.8) is 0 Å². The Balaban J connectivity index is 1.65. The van der Waals surface area contributed by atoms with E-state index in [1.807, 2.05) is 25.7 Å². The molecular weight excluding hydrogens is 334 g/mol. The summed E-state index contributed by atoms with van der Waals surface area (Å²) in [6.45, 7) is 11.4. The monoisotopic (exact) mass is 363 g/mol. The molecule has 3 heterocycles. The van der Waals surface area contributed by atoms with Crippen molar-refractivity contribution >= 4 is 11.8 Å². The SMILES string of the molecule is Cc1oc(C2CCN(C(=O)C(C)(C)C)CC2)nc1C(=O)N1CCOCC1. The molecule has 1 aromatic heterocycles. The second-order valence-electron chi connectivity index (χ2n) is 8.18. The largest absolute Gasteiger partial charge is 0.445 e. The van der Waals surface area contributed by atoms with Gasteiger partial charge in [0.05, 0.1) is 13.2 Å². The molecule has 2 fully saturated rings. The summed E-state index contributed by atoms with van der Waals surface area (Å²) in [7, 11) is 0. The fourth-order valence-corrected chi connectivity index (χ4v) is 3.51. The van der Waals surface area contributed by atoms with Gasteiger partial charge in [0, 0.05) is 37.5 Å². The van der Waals surface area contributed by atoms with Gasteiger partial charge in [-0.05, 0) is 19.8 Å². The molecule has 3 rings (SSSR count). The normalized spacial score (nSPS) is 19.7. The number of nitrogens with zero attached hydrogens (tertiary/aromatic N) is 3.